The van der Waals surface area contributed by atoms with Crippen molar-refractivity contribution < 1.29 is 32.2 Å². The van der Waals surface area contributed by atoms with Crippen LogP contribution in [0, 0.1) is 0 Å². The molecule has 10 nitrogen and oxygen atoms in total. The fraction of sp³-hybridized carbons (Fsp3) is 0.278. The summed E-state index contributed by atoms with van der Waals surface area (Å²) in [6.07, 6.45) is 0.233. The zero-order valence-corrected chi connectivity index (χ0v) is 27.9. The highest BCUT2D eigenvalue weighted by atomic mass is 32.2. The molecule has 0 fully saturated rings. The van der Waals surface area contributed by atoms with Crippen molar-refractivity contribution in [2.24, 2.45) is 0 Å². The SMILES string of the molecule is CCNC(=O)C(Cc1ccccc1)N(Cc1ccccc1)C(=O)CN(c1ccc(OCC)cc1)S(=O)(=O)c1ccc(OC)c(OC)c1. The molecule has 1 atom stereocenters. The zero-order chi connectivity index (χ0) is 33.8. The summed E-state index contributed by atoms with van der Waals surface area (Å²) in [7, 11) is -1.47. The lowest BCUT2D eigenvalue weighted by atomic mass is 10.0. The van der Waals surface area contributed by atoms with Crippen molar-refractivity contribution in [3.8, 4) is 17.2 Å². The Hall–Kier alpha value is -5.03. The van der Waals surface area contributed by atoms with E-state index in [9.17, 15) is 18.0 Å². The predicted octanol–water partition coefficient (Wildman–Crippen LogP) is 5.07. The fourth-order valence-corrected chi connectivity index (χ4v) is 6.56. The van der Waals surface area contributed by atoms with Crippen LogP contribution >= 0.6 is 0 Å². The number of carbonyl (C=O) groups is 2. The van der Waals surface area contributed by atoms with Gasteiger partial charge < -0.3 is 24.4 Å². The summed E-state index contributed by atoms with van der Waals surface area (Å²) in [6, 6.07) is 28.5. The van der Waals surface area contributed by atoms with Gasteiger partial charge in [-0.15, -0.1) is 0 Å². The van der Waals surface area contributed by atoms with Crippen LogP contribution in [0.3, 0.4) is 0 Å². The normalized spacial score (nSPS) is 11.7. The van der Waals surface area contributed by atoms with Gasteiger partial charge in [0.25, 0.3) is 10.0 Å². The van der Waals surface area contributed by atoms with Crippen LogP contribution in [0.15, 0.2) is 108 Å². The van der Waals surface area contributed by atoms with Gasteiger partial charge in [0, 0.05) is 25.6 Å². The Morgan fingerprint density at radius 3 is 1.98 bits per heavy atom. The van der Waals surface area contributed by atoms with Crippen LogP contribution in [0.1, 0.15) is 25.0 Å². The smallest absolute Gasteiger partial charge is 0.264 e. The van der Waals surface area contributed by atoms with E-state index in [1.54, 1.807) is 24.3 Å². The number of hydrogen-bond donors (Lipinski definition) is 1. The molecule has 11 heteroatoms. The number of likely N-dealkylation sites (N-methyl/N-ethyl adjacent to an activating group) is 1. The van der Waals surface area contributed by atoms with Crippen LogP contribution in [0.2, 0.25) is 0 Å². The molecule has 4 rings (SSSR count). The van der Waals surface area contributed by atoms with Crippen LogP contribution < -0.4 is 23.8 Å². The molecule has 0 radical (unpaired) electrons. The Bertz CT molecular complexity index is 1720. The van der Waals surface area contributed by atoms with Crippen LogP contribution in [0.5, 0.6) is 17.2 Å². The monoisotopic (exact) mass is 659 g/mol. The lowest BCUT2D eigenvalue weighted by Gasteiger charge is -2.34. The molecule has 0 spiro atoms. The number of sulfonamides is 1. The van der Waals surface area contributed by atoms with Gasteiger partial charge in [-0.3, -0.25) is 13.9 Å². The molecular formula is C36H41N3O7S. The summed E-state index contributed by atoms with van der Waals surface area (Å²) >= 11 is 0. The molecule has 1 N–H and O–H groups in total. The maximum Gasteiger partial charge on any atom is 0.264 e. The van der Waals surface area contributed by atoms with Crippen LogP contribution in [-0.2, 0) is 32.6 Å². The molecule has 0 aliphatic carbocycles. The second kappa shape index (κ2) is 16.5. The predicted molar refractivity (Wildman–Crippen MR) is 181 cm³/mol. The maximum absolute atomic E-state index is 14.5. The summed E-state index contributed by atoms with van der Waals surface area (Å²) in [4.78, 5) is 29.5. The number of anilines is 1. The number of benzene rings is 4. The molecular weight excluding hydrogens is 618 g/mol. The van der Waals surface area contributed by atoms with Gasteiger partial charge in [0.15, 0.2) is 11.5 Å². The van der Waals surface area contributed by atoms with Gasteiger partial charge in [0.05, 0.1) is 31.4 Å². The molecule has 0 aromatic heterocycles. The average Bonchev–Trinajstić information content (AvgIpc) is 3.09. The average molecular weight is 660 g/mol. The minimum absolute atomic E-state index is 0.0852. The number of rotatable bonds is 16. The van der Waals surface area contributed by atoms with Crippen molar-refractivity contribution in [2.75, 3.05) is 38.2 Å². The van der Waals surface area contributed by atoms with E-state index in [4.69, 9.17) is 14.2 Å². The van der Waals surface area contributed by atoms with Crippen LogP contribution in [0.4, 0.5) is 5.69 Å². The summed E-state index contributed by atoms with van der Waals surface area (Å²) in [6.45, 7) is 3.96. The summed E-state index contributed by atoms with van der Waals surface area (Å²) in [5.41, 5.74) is 1.89. The molecule has 2 amide bonds. The lowest BCUT2D eigenvalue weighted by Crippen LogP contribution is -2.53. The number of amides is 2. The summed E-state index contributed by atoms with van der Waals surface area (Å²) in [5, 5.41) is 2.87. The molecule has 0 heterocycles. The first-order chi connectivity index (χ1) is 22.7. The third-order valence-corrected chi connectivity index (χ3v) is 9.25. The van der Waals surface area contributed by atoms with Gasteiger partial charge in [-0.05, 0) is 61.4 Å². The van der Waals surface area contributed by atoms with Gasteiger partial charge in [-0.1, -0.05) is 60.7 Å². The first kappa shape index (κ1) is 34.8. The molecule has 0 aliphatic rings. The Kier molecular flexibility index (Phi) is 12.2. The Morgan fingerprint density at radius 1 is 0.787 bits per heavy atom. The van der Waals surface area contributed by atoms with Crippen molar-refractivity contribution >= 4 is 27.5 Å². The second-order valence-electron chi connectivity index (χ2n) is 10.6. The van der Waals surface area contributed by atoms with E-state index >= 15 is 0 Å². The maximum atomic E-state index is 14.5. The molecule has 248 valence electrons. The highest BCUT2D eigenvalue weighted by Gasteiger charge is 2.35. The van der Waals surface area contributed by atoms with Gasteiger partial charge in [0.2, 0.25) is 11.8 Å². The highest BCUT2D eigenvalue weighted by molar-refractivity contribution is 7.92. The number of carbonyl (C=O) groups excluding carboxylic acids is 2. The zero-order valence-electron chi connectivity index (χ0n) is 27.1. The number of hydrogen-bond acceptors (Lipinski definition) is 7. The lowest BCUT2D eigenvalue weighted by molar-refractivity contribution is -0.140. The van der Waals surface area contributed by atoms with E-state index in [1.165, 1.54) is 37.3 Å². The van der Waals surface area contributed by atoms with Gasteiger partial charge >= 0.3 is 0 Å². The molecule has 4 aromatic carbocycles. The molecule has 0 aliphatic heterocycles. The van der Waals surface area contributed by atoms with E-state index in [0.29, 0.717) is 24.7 Å². The first-order valence-corrected chi connectivity index (χ1v) is 16.8. The molecule has 0 saturated carbocycles. The molecule has 47 heavy (non-hydrogen) atoms. The van der Waals surface area contributed by atoms with E-state index in [1.807, 2.05) is 74.5 Å². The van der Waals surface area contributed by atoms with Gasteiger partial charge in [-0.25, -0.2) is 8.42 Å². The van der Waals surface area contributed by atoms with Gasteiger partial charge in [0.1, 0.15) is 18.3 Å². The molecule has 1 unspecified atom stereocenters. The number of nitrogens with one attached hydrogen (secondary N) is 1. The Labute approximate surface area is 276 Å². The standard InChI is InChI=1S/C36H41N3O7S/c1-5-37-36(41)32(23-27-13-9-7-10-14-27)38(25-28-15-11-8-12-16-28)35(40)26-39(29-17-19-30(20-18-29)46-6-2)47(42,43)31-21-22-33(44-3)34(24-31)45-4/h7-22,24,32H,5-6,23,25-26H2,1-4H3,(H,37,41). The number of nitrogens with zero attached hydrogens (tertiary/aromatic N) is 2. The largest absolute Gasteiger partial charge is 0.494 e. The van der Waals surface area contributed by atoms with Crippen molar-refractivity contribution in [3.05, 3.63) is 114 Å². The summed E-state index contributed by atoms with van der Waals surface area (Å²) in [5.74, 6) is 0.233. The van der Waals surface area contributed by atoms with Crippen molar-refractivity contribution in [2.45, 2.75) is 37.8 Å². The van der Waals surface area contributed by atoms with E-state index in [2.05, 4.69) is 5.32 Å². The molecule has 4 aromatic rings. The number of methoxy groups -OCH3 is 2. The Morgan fingerprint density at radius 2 is 1.40 bits per heavy atom. The number of ether oxygens (including phenoxy) is 3. The van der Waals surface area contributed by atoms with Crippen molar-refractivity contribution in [3.63, 3.8) is 0 Å². The minimum Gasteiger partial charge on any atom is -0.494 e. The summed E-state index contributed by atoms with van der Waals surface area (Å²) < 4.78 is 46.0. The van der Waals surface area contributed by atoms with Crippen LogP contribution in [-0.4, -0.2) is 65.1 Å². The molecule has 0 saturated heterocycles. The first-order valence-electron chi connectivity index (χ1n) is 15.3. The van der Waals surface area contributed by atoms with E-state index in [-0.39, 0.29) is 35.2 Å². The third kappa shape index (κ3) is 8.82. The minimum atomic E-state index is -4.34. The fourth-order valence-electron chi connectivity index (χ4n) is 5.13. The van der Waals surface area contributed by atoms with Crippen molar-refractivity contribution in [1.29, 1.82) is 0 Å². The van der Waals surface area contributed by atoms with Gasteiger partial charge in [-0.2, -0.15) is 0 Å². The molecule has 0 bridgehead atoms. The topological polar surface area (TPSA) is 114 Å². The van der Waals surface area contributed by atoms with E-state index in [0.717, 1.165) is 15.4 Å². The third-order valence-electron chi connectivity index (χ3n) is 7.48. The van der Waals surface area contributed by atoms with Crippen LogP contribution in [0.25, 0.3) is 0 Å². The van der Waals surface area contributed by atoms with Crippen molar-refractivity contribution in [1.82, 2.24) is 10.2 Å². The second-order valence-corrected chi connectivity index (χ2v) is 12.4. The quantitative estimate of drug-likeness (QED) is 0.179. The highest BCUT2D eigenvalue weighted by Crippen LogP contribution is 2.33. The van der Waals surface area contributed by atoms with E-state index < -0.39 is 28.5 Å². The Balaban J connectivity index is 1.81.